The highest BCUT2D eigenvalue weighted by atomic mass is 32.2. The first-order valence-corrected chi connectivity index (χ1v) is 7.59. The van der Waals surface area contributed by atoms with Crippen LogP contribution in [0.1, 0.15) is 18.1 Å². The molecule has 0 fully saturated rings. The highest BCUT2D eigenvalue weighted by Gasteiger charge is 2.11. The summed E-state index contributed by atoms with van der Waals surface area (Å²) in [6.07, 6.45) is 0. The summed E-state index contributed by atoms with van der Waals surface area (Å²) in [6.45, 7) is 6.79. The van der Waals surface area contributed by atoms with Crippen LogP contribution in [0.3, 0.4) is 0 Å². The molecule has 21 heavy (non-hydrogen) atoms. The Balaban J connectivity index is 2.38. The summed E-state index contributed by atoms with van der Waals surface area (Å²) in [6, 6.07) is 11.4. The minimum absolute atomic E-state index is 0.112. The number of aryl methyl sites for hydroxylation is 2. The number of nitro benzene ring substituents is 1. The molecule has 0 radical (unpaired) electrons. The minimum atomic E-state index is -0.353. The van der Waals surface area contributed by atoms with Gasteiger partial charge in [0.25, 0.3) is 5.69 Å². The minimum Gasteiger partial charge on any atom is -0.385 e. The van der Waals surface area contributed by atoms with Gasteiger partial charge in [-0.2, -0.15) is 0 Å². The molecule has 0 atom stereocenters. The molecular weight excluding hydrogens is 284 g/mol. The van der Waals surface area contributed by atoms with Gasteiger partial charge in [-0.1, -0.05) is 23.9 Å². The van der Waals surface area contributed by atoms with E-state index in [0.29, 0.717) is 0 Å². The fourth-order valence-corrected chi connectivity index (χ4v) is 3.09. The zero-order chi connectivity index (χ0) is 15.4. The maximum atomic E-state index is 11.1. The second-order valence-corrected chi connectivity index (χ2v) is 5.99. The average molecular weight is 302 g/mol. The predicted molar refractivity (Wildman–Crippen MR) is 87.3 cm³/mol. The van der Waals surface area contributed by atoms with Gasteiger partial charge in [-0.25, -0.2) is 0 Å². The SMILES string of the molecule is CCNc1cc(Sc2cc(C)ccc2C)cc([N+](=O)[O-])c1. The largest absolute Gasteiger partial charge is 0.385 e. The summed E-state index contributed by atoms with van der Waals surface area (Å²) in [4.78, 5) is 12.7. The number of non-ortho nitro benzene ring substituents is 1. The molecule has 0 aliphatic rings. The van der Waals surface area contributed by atoms with Crippen LogP contribution in [-0.4, -0.2) is 11.5 Å². The lowest BCUT2D eigenvalue weighted by Gasteiger charge is -2.09. The number of nitrogens with zero attached hydrogens (tertiary/aromatic N) is 1. The summed E-state index contributed by atoms with van der Waals surface area (Å²) < 4.78 is 0. The van der Waals surface area contributed by atoms with Crippen molar-refractivity contribution in [3.05, 3.63) is 57.6 Å². The van der Waals surface area contributed by atoms with Crippen LogP contribution in [-0.2, 0) is 0 Å². The predicted octanol–water partition coefficient (Wildman–Crippen LogP) is 4.79. The van der Waals surface area contributed by atoms with Crippen LogP contribution in [0.5, 0.6) is 0 Å². The van der Waals surface area contributed by atoms with Crippen molar-refractivity contribution >= 4 is 23.1 Å². The summed E-state index contributed by atoms with van der Waals surface area (Å²) in [5.41, 5.74) is 3.24. The third-order valence-corrected chi connectivity index (χ3v) is 4.19. The lowest BCUT2D eigenvalue weighted by molar-refractivity contribution is -0.385. The normalized spacial score (nSPS) is 10.4. The van der Waals surface area contributed by atoms with Gasteiger partial charge in [-0.15, -0.1) is 0 Å². The van der Waals surface area contributed by atoms with Gasteiger partial charge in [0, 0.05) is 34.2 Å². The first-order valence-electron chi connectivity index (χ1n) is 6.78. The van der Waals surface area contributed by atoms with E-state index in [-0.39, 0.29) is 10.6 Å². The van der Waals surface area contributed by atoms with Crippen LogP contribution in [0.15, 0.2) is 46.2 Å². The number of nitro groups is 1. The van der Waals surface area contributed by atoms with E-state index in [0.717, 1.165) is 22.0 Å². The van der Waals surface area contributed by atoms with Crippen molar-refractivity contribution < 1.29 is 4.92 Å². The van der Waals surface area contributed by atoms with E-state index in [1.165, 1.54) is 11.1 Å². The quantitative estimate of drug-likeness (QED) is 0.637. The van der Waals surface area contributed by atoms with Crippen molar-refractivity contribution in [1.82, 2.24) is 0 Å². The fraction of sp³-hybridized carbons (Fsp3) is 0.250. The molecule has 0 aliphatic carbocycles. The lowest BCUT2D eigenvalue weighted by Crippen LogP contribution is -1.98. The molecule has 0 aliphatic heterocycles. The molecule has 0 spiro atoms. The fourth-order valence-electron chi connectivity index (χ4n) is 2.00. The first-order chi connectivity index (χ1) is 9.99. The molecule has 110 valence electrons. The molecule has 1 N–H and O–H groups in total. The zero-order valence-electron chi connectivity index (χ0n) is 12.3. The van der Waals surface area contributed by atoms with Crippen molar-refractivity contribution in [1.29, 1.82) is 0 Å². The molecule has 0 heterocycles. The smallest absolute Gasteiger partial charge is 0.272 e. The number of anilines is 1. The van der Waals surface area contributed by atoms with Crippen molar-refractivity contribution in [2.45, 2.75) is 30.6 Å². The zero-order valence-corrected chi connectivity index (χ0v) is 13.2. The van der Waals surface area contributed by atoms with E-state index in [2.05, 4.69) is 23.5 Å². The number of hydrogen-bond acceptors (Lipinski definition) is 4. The van der Waals surface area contributed by atoms with Crippen LogP contribution in [0, 0.1) is 24.0 Å². The van der Waals surface area contributed by atoms with Gasteiger partial charge in [-0.05, 0) is 44.0 Å². The molecule has 0 saturated carbocycles. The Morgan fingerprint density at radius 2 is 1.95 bits per heavy atom. The van der Waals surface area contributed by atoms with E-state index in [1.807, 2.05) is 26.8 Å². The van der Waals surface area contributed by atoms with Gasteiger partial charge < -0.3 is 5.32 Å². The summed E-state index contributed by atoms with van der Waals surface area (Å²) in [5, 5.41) is 14.2. The van der Waals surface area contributed by atoms with Crippen LogP contribution in [0.25, 0.3) is 0 Å². The van der Waals surface area contributed by atoms with E-state index in [1.54, 1.807) is 23.9 Å². The van der Waals surface area contributed by atoms with Gasteiger partial charge in [0.15, 0.2) is 0 Å². The van der Waals surface area contributed by atoms with Crippen LogP contribution >= 0.6 is 11.8 Å². The Kier molecular flexibility index (Phi) is 4.85. The monoisotopic (exact) mass is 302 g/mol. The summed E-state index contributed by atoms with van der Waals surface area (Å²) in [7, 11) is 0. The van der Waals surface area contributed by atoms with Crippen LogP contribution < -0.4 is 5.32 Å². The molecule has 2 rings (SSSR count). The molecule has 0 unspecified atom stereocenters. The average Bonchev–Trinajstić information content (AvgIpc) is 2.43. The van der Waals surface area contributed by atoms with E-state index < -0.39 is 0 Å². The van der Waals surface area contributed by atoms with Crippen molar-refractivity contribution in [2.24, 2.45) is 0 Å². The molecule has 0 aromatic heterocycles. The molecule has 0 bridgehead atoms. The number of hydrogen-bond donors (Lipinski definition) is 1. The van der Waals surface area contributed by atoms with Crippen molar-refractivity contribution in [3.8, 4) is 0 Å². The van der Waals surface area contributed by atoms with Crippen molar-refractivity contribution in [3.63, 3.8) is 0 Å². The summed E-state index contributed by atoms with van der Waals surface area (Å²) in [5.74, 6) is 0. The maximum absolute atomic E-state index is 11.1. The van der Waals surface area contributed by atoms with Gasteiger partial charge in [0.1, 0.15) is 0 Å². The van der Waals surface area contributed by atoms with Crippen LogP contribution in [0.4, 0.5) is 11.4 Å². The Labute approximate surface area is 128 Å². The van der Waals surface area contributed by atoms with Crippen LogP contribution in [0.2, 0.25) is 0 Å². The van der Waals surface area contributed by atoms with Gasteiger partial charge in [0.2, 0.25) is 0 Å². The molecule has 0 saturated heterocycles. The Morgan fingerprint density at radius 1 is 1.19 bits per heavy atom. The van der Waals surface area contributed by atoms with Gasteiger partial charge in [0.05, 0.1) is 4.92 Å². The number of rotatable bonds is 5. The Bertz CT molecular complexity index is 671. The standard InChI is InChI=1S/C16H18N2O2S/c1-4-17-13-8-14(18(19)20)10-15(9-13)21-16-7-11(2)5-6-12(16)3/h5-10,17H,4H2,1-3H3. The highest BCUT2D eigenvalue weighted by molar-refractivity contribution is 7.99. The van der Waals surface area contributed by atoms with Gasteiger partial charge in [-0.3, -0.25) is 10.1 Å². The third kappa shape index (κ3) is 3.98. The topological polar surface area (TPSA) is 55.2 Å². The lowest BCUT2D eigenvalue weighted by atomic mass is 10.2. The first kappa shape index (κ1) is 15.4. The molecule has 5 heteroatoms. The van der Waals surface area contributed by atoms with Crippen molar-refractivity contribution in [2.75, 3.05) is 11.9 Å². The third-order valence-electron chi connectivity index (χ3n) is 3.05. The molecular formula is C16H18N2O2S. The Morgan fingerprint density at radius 3 is 2.62 bits per heavy atom. The number of benzene rings is 2. The second-order valence-electron chi connectivity index (χ2n) is 4.87. The molecule has 2 aromatic rings. The second kappa shape index (κ2) is 6.63. The molecule has 4 nitrogen and oxygen atoms in total. The van der Waals surface area contributed by atoms with E-state index in [9.17, 15) is 10.1 Å². The number of nitrogens with one attached hydrogen (secondary N) is 1. The van der Waals surface area contributed by atoms with E-state index in [4.69, 9.17) is 0 Å². The highest BCUT2D eigenvalue weighted by Crippen LogP contribution is 2.35. The molecule has 0 amide bonds. The Hall–Kier alpha value is -2.01. The van der Waals surface area contributed by atoms with E-state index >= 15 is 0 Å². The van der Waals surface area contributed by atoms with Gasteiger partial charge >= 0.3 is 0 Å². The molecule has 2 aromatic carbocycles. The summed E-state index contributed by atoms with van der Waals surface area (Å²) >= 11 is 1.56. The maximum Gasteiger partial charge on any atom is 0.272 e.